The van der Waals surface area contributed by atoms with Crippen molar-refractivity contribution in [1.29, 1.82) is 0 Å². The van der Waals surface area contributed by atoms with E-state index in [2.05, 4.69) is 4.98 Å². The van der Waals surface area contributed by atoms with Gasteiger partial charge < -0.3 is 14.2 Å². The number of oxazole rings is 1. The summed E-state index contributed by atoms with van der Waals surface area (Å²) < 4.78 is 5.81. The summed E-state index contributed by atoms with van der Waals surface area (Å²) in [6.45, 7) is 4.43. The largest absolute Gasteiger partial charge is 0.423 e. The molecule has 5 nitrogen and oxygen atoms in total. The van der Waals surface area contributed by atoms with Gasteiger partial charge in [0.25, 0.3) is 6.01 Å². The van der Waals surface area contributed by atoms with Crippen molar-refractivity contribution in [1.82, 2.24) is 9.88 Å². The Bertz CT molecular complexity index is 648. The molecule has 6 heteroatoms. The highest BCUT2D eigenvalue weighted by atomic mass is 35.5. The average Bonchev–Trinajstić information content (AvgIpc) is 2.97. The van der Waals surface area contributed by atoms with Gasteiger partial charge in [-0.2, -0.15) is 0 Å². The average molecular weight is 306 g/mol. The maximum atomic E-state index is 11.3. The second kappa shape index (κ2) is 5.77. The van der Waals surface area contributed by atoms with Gasteiger partial charge in [0.15, 0.2) is 5.76 Å². The standard InChI is InChI=1S/C15H16ClN3O2/c1-11(20)18-6-8-19(9-7-18)15-17-10-14(21-15)12-4-2-3-5-13(12)16/h2-5,10H,6-9H2,1H3. The summed E-state index contributed by atoms with van der Waals surface area (Å²) in [5, 5.41) is 0.640. The summed E-state index contributed by atoms with van der Waals surface area (Å²) >= 11 is 6.16. The van der Waals surface area contributed by atoms with Gasteiger partial charge in [0.1, 0.15) is 0 Å². The molecule has 0 spiro atoms. The molecule has 2 aromatic rings. The predicted molar refractivity (Wildman–Crippen MR) is 81.4 cm³/mol. The number of halogens is 1. The Morgan fingerprint density at radius 2 is 1.95 bits per heavy atom. The number of amides is 1. The number of carbonyl (C=O) groups is 1. The quantitative estimate of drug-likeness (QED) is 0.856. The number of rotatable bonds is 2. The molecule has 1 fully saturated rings. The van der Waals surface area contributed by atoms with E-state index < -0.39 is 0 Å². The first-order valence-corrected chi connectivity index (χ1v) is 7.24. The predicted octanol–water partition coefficient (Wildman–Crippen LogP) is 2.66. The maximum Gasteiger partial charge on any atom is 0.297 e. The third-order valence-corrected chi connectivity index (χ3v) is 3.96. The lowest BCUT2D eigenvalue weighted by Crippen LogP contribution is -2.48. The van der Waals surface area contributed by atoms with E-state index in [1.54, 1.807) is 13.1 Å². The Labute approximate surface area is 128 Å². The molecule has 0 radical (unpaired) electrons. The second-order valence-electron chi connectivity index (χ2n) is 4.98. The minimum absolute atomic E-state index is 0.110. The SMILES string of the molecule is CC(=O)N1CCN(c2ncc(-c3ccccc3Cl)o2)CC1. The molecule has 21 heavy (non-hydrogen) atoms. The van der Waals surface area contributed by atoms with Gasteiger partial charge in [0.2, 0.25) is 5.91 Å². The van der Waals surface area contributed by atoms with Crippen molar-refractivity contribution in [2.75, 3.05) is 31.1 Å². The topological polar surface area (TPSA) is 49.6 Å². The van der Waals surface area contributed by atoms with Crippen molar-refractivity contribution >= 4 is 23.5 Å². The zero-order valence-electron chi connectivity index (χ0n) is 11.8. The molecular formula is C15H16ClN3O2. The van der Waals surface area contributed by atoms with Crippen LogP contribution in [0.1, 0.15) is 6.92 Å². The molecule has 1 saturated heterocycles. The molecule has 1 aromatic carbocycles. The normalized spacial score (nSPS) is 15.3. The smallest absolute Gasteiger partial charge is 0.297 e. The first kappa shape index (κ1) is 13.9. The van der Waals surface area contributed by atoms with Crippen LogP contribution in [0.15, 0.2) is 34.9 Å². The fraction of sp³-hybridized carbons (Fsp3) is 0.333. The Balaban J connectivity index is 1.74. The first-order chi connectivity index (χ1) is 10.1. The minimum atomic E-state index is 0.110. The van der Waals surface area contributed by atoms with Crippen molar-refractivity contribution in [3.63, 3.8) is 0 Å². The lowest BCUT2D eigenvalue weighted by molar-refractivity contribution is -0.129. The summed E-state index contributed by atoms with van der Waals surface area (Å²) in [4.78, 5) is 19.5. The fourth-order valence-electron chi connectivity index (χ4n) is 2.41. The lowest BCUT2D eigenvalue weighted by Gasteiger charge is -2.33. The van der Waals surface area contributed by atoms with Crippen molar-refractivity contribution < 1.29 is 9.21 Å². The Kier molecular flexibility index (Phi) is 3.84. The highest BCUT2D eigenvalue weighted by molar-refractivity contribution is 6.33. The summed E-state index contributed by atoms with van der Waals surface area (Å²) in [5.74, 6) is 0.767. The number of benzene rings is 1. The second-order valence-corrected chi connectivity index (χ2v) is 5.39. The van der Waals surface area contributed by atoms with Crippen LogP contribution in [0.4, 0.5) is 6.01 Å². The van der Waals surface area contributed by atoms with Gasteiger partial charge >= 0.3 is 0 Å². The third kappa shape index (κ3) is 2.88. The fourth-order valence-corrected chi connectivity index (χ4v) is 2.64. The van der Waals surface area contributed by atoms with E-state index in [1.807, 2.05) is 34.1 Å². The van der Waals surface area contributed by atoms with Crippen molar-refractivity contribution in [2.45, 2.75) is 6.92 Å². The van der Waals surface area contributed by atoms with Crippen molar-refractivity contribution in [3.05, 3.63) is 35.5 Å². The van der Waals surface area contributed by atoms with Crippen LogP contribution in [0.5, 0.6) is 0 Å². The number of hydrogen-bond acceptors (Lipinski definition) is 4. The van der Waals surface area contributed by atoms with E-state index in [0.717, 1.165) is 18.7 Å². The van der Waals surface area contributed by atoms with Gasteiger partial charge in [-0.25, -0.2) is 4.98 Å². The van der Waals surface area contributed by atoms with E-state index in [1.165, 1.54) is 0 Å². The molecule has 0 atom stereocenters. The highest BCUT2D eigenvalue weighted by Crippen LogP contribution is 2.30. The number of nitrogens with zero attached hydrogens (tertiary/aromatic N) is 3. The number of hydrogen-bond donors (Lipinski definition) is 0. The molecule has 1 amide bonds. The Hall–Kier alpha value is -2.01. The molecule has 3 rings (SSSR count). The summed E-state index contributed by atoms with van der Waals surface area (Å²) in [6.07, 6.45) is 1.69. The van der Waals surface area contributed by atoms with E-state index in [4.69, 9.17) is 16.0 Å². The molecular weight excluding hydrogens is 290 g/mol. The van der Waals surface area contributed by atoms with Crippen molar-refractivity contribution in [2.24, 2.45) is 0 Å². The molecule has 2 heterocycles. The number of aromatic nitrogens is 1. The molecule has 0 saturated carbocycles. The molecule has 0 unspecified atom stereocenters. The first-order valence-electron chi connectivity index (χ1n) is 6.86. The molecule has 1 aliphatic rings. The Morgan fingerprint density at radius 3 is 2.62 bits per heavy atom. The molecule has 110 valence electrons. The van der Waals surface area contributed by atoms with Crippen LogP contribution in [-0.4, -0.2) is 42.0 Å². The van der Waals surface area contributed by atoms with Crippen LogP contribution >= 0.6 is 11.6 Å². The summed E-state index contributed by atoms with van der Waals surface area (Å²) in [7, 11) is 0. The van der Waals surface area contributed by atoms with Gasteiger partial charge in [-0.05, 0) is 12.1 Å². The minimum Gasteiger partial charge on any atom is -0.423 e. The van der Waals surface area contributed by atoms with Crippen LogP contribution in [0.25, 0.3) is 11.3 Å². The van der Waals surface area contributed by atoms with Gasteiger partial charge in [-0.15, -0.1) is 0 Å². The molecule has 0 bridgehead atoms. The van der Waals surface area contributed by atoms with Crippen LogP contribution in [0, 0.1) is 0 Å². The third-order valence-electron chi connectivity index (χ3n) is 3.63. The van der Waals surface area contributed by atoms with Crippen LogP contribution < -0.4 is 4.90 Å². The van der Waals surface area contributed by atoms with Crippen LogP contribution in [0.2, 0.25) is 5.02 Å². The number of anilines is 1. The molecule has 0 aliphatic carbocycles. The Morgan fingerprint density at radius 1 is 1.24 bits per heavy atom. The highest BCUT2D eigenvalue weighted by Gasteiger charge is 2.22. The summed E-state index contributed by atoms with van der Waals surface area (Å²) in [5.41, 5.74) is 0.834. The van der Waals surface area contributed by atoms with E-state index >= 15 is 0 Å². The van der Waals surface area contributed by atoms with Crippen LogP contribution in [0.3, 0.4) is 0 Å². The molecule has 0 N–H and O–H groups in total. The zero-order valence-corrected chi connectivity index (χ0v) is 12.5. The zero-order chi connectivity index (χ0) is 14.8. The molecule has 1 aliphatic heterocycles. The van der Waals surface area contributed by atoms with Crippen molar-refractivity contribution in [3.8, 4) is 11.3 Å². The lowest BCUT2D eigenvalue weighted by atomic mass is 10.2. The van der Waals surface area contributed by atoms with E-state index in [0.29, 0.717) is 29.9 Å². The van der Waals surface area contributed by atoms with E-state index in [9.17, 15) is 4.79 Å². The molecule has 1 aromatic heterocycles. The van der Waals surface area contributed by atoms with Gasteiger partial charge in [0, 0.05) is 38.7 Å². The number of piperazine rings is 1. The van der Waals surface area contributed by atoms with E-state index in [-0.39, 0.29) is 5.91 Å². The van der Waals surface area contributed by atoms with Gasteiger partial charge in [-0.1, -0.05) is 23.7 Å². The van der Waals surface area contributed by atoms with Crippen LogP contribution in [-0.2, 0) is 4.79 Å². The van der Waals surface area contributed by atoms with Gasteiger partial charge in [0.05, 0.1) is 11.2 Å². The summed E-state index contributed by atoms with van der Waals surface area (Å²) in [6, 6.07) is 8.09. The number of carbonyl (C=O) groups excluding carboxylic acids is 1. The monoisotopic (exact) mass is 305 g/mol. The van der Waals surface area contributed by atoms with Gasteiger partial charge in [-0.3, -0.25) is 4.79 Å². The maximum absolute atomic E-state index is 11.3.